The molecule has 5 rings (SSSR count). The molecule has 0 atom stereocenters. The van der Waals surface area contributed by atoms with Crippen molar-refractivity contribution in [2.75, 3.05) is 11.5 Å². The number of anilines is 1. The fraction of sp³-hybridized carbons (Fsp3) is 0.103. The number of fused-ring (bicyclic) bond motifs is 1. The minimum Gasteiger partial charge on any atom is -0.457 e. The lowest BCUT2D eigenvalue weighted by Crippen LogP contribution is -2.29. The number of ketones is 1. The molecule has 2 heterocycles. The van der Waals surface area contributed by atoms with E-state index in [0.29, 0.717) is 22.1 Å². The largest absolute Gasteiger partial charge is 0.457 e. The second-order valence-electron chi connectivity index (χ2n) is 8.52. The Morgan fingerprint density at radius 3 is 2.22 bits per heavy atom. The predicted molar refractivity (Wildman–Crippen MR) is 139 cm³/mol. The smallest absolute Gasteiger partial charge is 0.338 e. The van der Waals surface area contributed by atoms with E-state index in [1.54, 1.807) is 35.7 Å². The van der Waals surface area contributed by atoms with Gasteiger partial charge in [0.2, 0.25) is 5.78 Å². The molecule has 0 N–H and O–H groups in total. The minimum atomic E-state index is -0.674. The number of ether oxygens (including phenoxy) is 2. The molecular formula is C29H21NO6S. The number of Topliss-reactive ketones (excluding diaryl/α,β-unsaturated/α-hetero) is 1. The molecule has 3 aromatic carbocycles. The Bertz CT molecular complexity index is 1540. The Morgan fingerprint density at radius 2 is 1.51 bits per heavy atom. The van der Waals surface area contributed by atoms with Gasteiger partial charge in [0.1, 0.15) is 11.5 Å². The maximum Gasteiger partial charge on any atom is 0.338 e. The van der Waals surface area contributed by atoms with E-state index >= 15 is 0 Å². The number of carbonyl (C=O) groups excluding carboxylic acids is 4. The summed E-state index contributed by atoms with van der Waals surface area (Å²) in [6, 6.07) is 19.8. The molecule has 0 saturated heterocycles. The number of hydrogen-bond acceptors (Lipinski definition) is 7. The first-order chi connectivity index (χ1) is 17.8. The Balaban J connectivity index is 1.29. The van der Waals surface area contributed by atoms with Gasteiger partial charge in [-0.15, -0.1) is 11.3 Å². The molecule has 0 bridgehead atoms. The van der Waals surface area contributed by atoms with Gasteiger partial charge in [0.05, 0.1) is 27.3 Å². The molecule has 8 heteroatoms. The van der Waals surface area contributed by atoms with Crippen LogP contribution < -0.4 is 9.64 Å². The van der Waals surface area contributed by atoms with Gasteiger partial charge < -0.3 is 9.47 Å². The normalized spacial score (nSPS) is 12.4. The molecule has 0 radical (unpaired) electrons. The van der Waals surface area contributed by atoms with Crippen LogP contribution in [0.1, 0.15) is 51.9 Å². The second-order valence-corrected chi connectivity index (χ2v) is 9.47. The minimum absolute atomic E-state index is 0.198. The average Bonchev–Trinajstić information content (AvgIpc) is 3.52. The highest BCUT2D eigenvalue weighted by Gasteiger charge is 2.37. The first kappa shape index (κ1) is 24.1. The van der Waals surface area contributed by atoms with Crippen LogP contribution in [0, 0.1) is 13.8 Å². The van der Waals surface area contributed by atoms with E-state index in [9.17, 15) is 19.2 Å². The molecule has 0 unspecified atom stereocenters. The van der Waals surface area contributed by atoms with Crippen molar-refractivity contribution >= 4 is 40.6 Å². The van der Waals surface area contributed by atoms with Crippen LogP contribution in [-0.2, 0) is 4.74 Å². The number of esters is 1. The summed E-state index contributed by atoms with van der Waals surface area (Å²) in [4.78, 5) is 52.1. The first-order valence-electron chi connectivity index (χ1n) is 11.4. The van der Waals surface area contributed by atoms with Crippen LogP contribution in [0.5, 0.6) is 11.5 Å². The third-order valence-electron chi connectivity index (χ3n) is 6.06. The van der Waals surface area contributed by atoms with Gasteiger partial charge in [0.25, 0.3) is 11.8 Å². The molecule has 1 aromatic heterocycles. The molecular weight excluding hydrogens is 490 g/mol. The van der Waals surface area contributed by atoms with Gasteiger partial charge in [-0.3, -0.25) is 14.4 Å². The van der Waals surface area contributed by atoms with Crippen molar-refractivity contribution in [3.63, 3.8) is 0 Å². The zero-order valence-corrected chi connectivity index (χ0v) is 20.8. The number of rotatable bonds is 7. The average molecular weight is 512 g/mol. The van der Waals surface area contributed by atoms with Crippen molar-refractivity contribution < 1.29 is 28.7 Å². The highest BCUT2D eigenvalue weighted by atomic mass is 32.1. The fourth-order valence-electron chi connectivity index (χ4n) is 3.90. The van der Waals surface area contributed by atoms with Gasteiger partial charge in [-0.1, -0.05) is 12.1 Å². The zero-order chi connectivity index (χ0) is 26.1. The molecule has 37 heavy (non-hydrogen) atoms. The number of nitrogens with zero attached hydrogens (tertiary/aromatic N) is 1. The van der Waals surface area contributed by atoms with Gasteiger partial charge in [-0.25, -0.2) is 9.69 Å². The Morgan fingerprint density at radius 1 is 0.811 bits per heavy atom. The molecule has 1 aliphatic rings. The summed E-state index contributed by atoms with van der Waals surface area (Å²) in [5, 5.41) is 1.77. The number of carbonyl (C=O) groups is 4. The lowest BCUT2D eigenvalue weighted by molar-refractivity contribution is 0.0476. The van der Waals surface area contributed by atoms with Gasteiger partial charge in [0.15, 0.2) is 6.61 Å². The van der Waals surface area contributed by atoms with Gasteiger partial charge in [-0.05, 0) is 91.0 Å². The zero-order valence-electron chi connectivity index (χ0n) is 20.0. The second kappa shape index (κ2) is 9.83. The molecule has 0 fully saturated rings. The van der Waals surface area contributed by atoms with Crippen molar-refractivity contribution in [2.24, 2.45) is 0 Å². The summed E-state index contributed by atoms with van der Waals surface area (Å²) in [6.07, 6.45) is 0. The molecule has 7 nitrogen and oxygen atoms in total. The summed E-state index contributed by atoms with van der Waals surface area (Å²) in [5.74, 6) is -0.827. The molecule has 184 valence electrons. The van der Waals surface area contributed by atoms with Crippen LogP contribution in [0.25, 0.3) is 0 Å². The number of aryl methyl sites for hydroxylation is 2. The van der Waals surface area contributed by atoms with Gasteiger partial charge in [-0.2, -0.15) is 0 Å². The van der Waals surface area contributed by atoms with Crippen molar-refractivity contribution in [1.82, 2.24) is 0 Å². The number of hydrogen-bond donors (Lipinski definition) is 0. The van der Waals surface area contributed by atoms with E-state index in [1.165, 1.54) is 35.6 Å². The maximum absolute atomic E-state index is 13.1. The van der Waals surface area contributed by atoms with E-state index in [-0.39, 0.29) is 29.1 Å². The molecule has 0 saturated carbocycles. The van der Waals surface area contributed by atoms with Crippen LogP contribution >= 0.6 is 11.3 Å². The number of thiophene rings is 1. The number of benzene rings is 3. The Hall–Kier alpha value is -4.56. The monoisotopic (exact) mass is 511 g/mol. The highest BCUT2D eigenvalue weighted by molar-refractivity contribution is 7.12. The fourth-order valence-corrected chi connectivity index (χ4v) is 4.55. The van der Waals surface area contributed by atoms with Crippen LogP contribution in [0.15, 0.2) is 78.2 Å². The molecule has 0 aliphatic carbocycles. The quantitative estimate of drug-likeness (QED) is 0.172. The van der Waals surface area contributed by atoms with Crippen LogP contribution in [0.2, 0.25) is 0 Å². The highest BCUT2D eigenvalue weighted by Crippen LogP contribution is 2.33. The lowest BCUT2D eigenvalue weighted by atomic mass is 10.1. The van der Waals surface area contributed by atoms with Crippen molar-refractivity contribution in [1.29, 1.82) is 0 Å². The van der Waals surface area contributed by atoms with Crippen LogP contribution in [-0.4, -0.2) is 30.2 Å². The number of amides is 2. The predicted octanol–water partition coefficient (Wildman–Crippen LogP) is 6.00. The van der Waals surface area contributed by atoms with E-state index in [4.69, 9.17) is 9.47 Å². The first-order valence-corrected chi connectivity index (χ1v) is 12.3. The summed E-state index contributed by atoms with van der Waals surface area (Å²) in [6.45, 7) is 3.63. The topological polar surface area (TPSA) is 90.0 Å². The summed E-state index contributed by atoms with van der Waals surface area (Å²) in [5.41, 5.74) is 3.24. The van der Waals surface area contributed by atoms with E-state index in [0.717, 1.165) is 16.0 Å². The third-order valence-corrected chi connectivity index (χ3v) is 6.97. The van der Waals surface area contributed by atoms with Gasteiger partial charge in [0, 0.05) is 0 Å². The standard InChI is InChI=1S/C29H21NO6S/c1-17-5-10-21(14-18(17)2)36-22-11-12-23-24(15-22)28(33)30(27(23)32)20-8-6-19(7-9-20)29(34)35-16-25(31)26-4-3-13-37-26/h3-15H,16H2,1-2H3. The summed E-state index contributed by atoms with van der Waals surface area (Å²) < 4.78 is 11.0. The van der Waals surface area contributed by atoms with Crippen molar-refractivity contribution in [3.05, 3.63) is 111 Å². The SMILES string of the molecule is Cc1ccc(Oc2ccc3c(c2)C(=O)N(c2ccc(C(=O)OCC(=O)c4cccs4)cc2)C3=O)cc1C. The Kier molecular flexibility index (Phi) is 6.42. The lowest BCUT2D eigenvalue weighted by Gasteiger charge is -2.14. The van der Waals surface area contributed by atoms with E-state index < -0.39 is 17.8 Å². The maximum atomic E-state index is 13.1. The van der Waals surface area contributed by atoms with Crippen molar-refractivity contribution in [2.45, 2.75) is 13.8 Å². The van der Waals surface area contributed by atoms with E-state index in [2.05, 4.69) is 0 Å². The number of imide groups is 1. The van der Waals surface area contributed by atoms with Crippen LogP contribution in [0.4, 0.5) is 5.69 Å². The Labute approximate surface area is 216 Å². The summed E-state index contributed by atoms with van der Waals surface area (Å²) in [7, 11) is 0. The van der Waals surface area contributed by atoms with E-state index in [1.807, 2.05) is 32.0 Å². The molecule has 4 aromatic rings. The summed E-state index contributed by atoms with van der Waals surface area (Å²) >= 11 is 1.27. The van der Waals surface area contributed by atoms with Gasteiger partial charge >= 0.3 is 5.97 Å². The molecule has 2 amide bonds. The third kappa shape index (κ3) is 4.79. The molecule has 0 spiro atoms. The molecule has 1 aliphatic heterocycles. The van der Waals surface area contributed by atoms with Crippen LogP contribution in [0.3, 0.4) is 0 Å². The van der Waals surface area contributed by atoms with Crippen molar-refractivity contribution in [3.8, 4) is 11.5 Å².